The molecule has 0 aliphatic carbocycles. The first-order valence-electron chi connectivity index (χ1n) is 16.0. The molecule has 0 radical (unpaired) electrons. The summed E-state index contributed by atoms with van der Waals surface area (Å²) in [6.45, 7) is 12.0. The number of ether oxygens (including phenoxy) is 2. The molecule has 0 heterocycles. The second kappa shape index (κ2) is 17.1. The van der Waals surface area contributed by atoms with Crippen LogP contribution < -0.4 is 20.7 Å². The van der Waals surface area contributed by atoms with Gasteiger partial charge in [-0.05, 0) is 58.8 Å². The van der Waals surface area contributed by atoms with Crippen LogP contribution in [0.25, 0.3) is 0 Å². The van der Waals surface area contributed by atoms with Crippen molar-refractivity contribution < 1.29 is 27.3 Å². The van der Waals surface area contributed by atoms with Crippen molar-refractivity contribution >= 4 is 57.9 Å². The molecule has 0 unspecified atom stereocenters. The van der Waals surface area contributed by atoms with Gasteiger partial charge in [0, 0.05) is 12.2 Å². The molecule has 0 N–H and O–H groups in total. The van der Waals surface area contributed by atoms with E-state index in [-0.39, 0.29) is 6.61 Å². The molecule has 4 rings (SSSR count). The number of rotatable bonds is 18. The molecule has 244 valence electrons. The zero-order valence-corrected chi connectivity index (χ0v) is 30.3. The van der Waals surface area contributed by atoms with E-state index in [1.54, 1.807) is 0 Å². The molecular weight excluding hydrogens is 637 g/mol. The van der Waals surface area contributed by atoms with Crippen LogP contribution in [0.5, 0.6) is 0 Å². The van der Waals surface area contributed by atoms with E-state index in [9.17, 15) is 9.59 Å². The molecule has 47 heavy (non-hydrogen) atoms. The van der Waals surface area contributed by atoms with Crippen LogP contribution in [0, 0.1) is 0 Å². The minimum Gasteiger partial charge on any atom is -0.463 e. The lowest BCUT2D eigenvalue weighted by molar-refractivity contribution is -0.138. The predicted molar refractivity (Wildman–Crippen MR) is 197 cm³/mol. The molecule has 0 amide bonds. The second-order valence-corrected chi connectivity index (χ2v) is 23.2. The maximum atomic E-state index is 12.0. The van der Waals surface area contributed by atoms with Crippen molar-refractivity contribution in [3.05, 3.63) is 147 Å². The summed E-state index contributed by atoms with van der Waals surface area (Å²) < 4.78 is 26.4. The van der Waals surface area contributed by atoms with Gasteiger partial charge in [-0.3, -0.25) is 0 Å². The molecular formula is C38H44O6Si3. The fourth-order valence-electron chi connectivity index (χ4n) is 5.75. The van der Waals surface area contributed by atoms with E-state index in [0.29, 0.717) is 25.5 Å². The Bertz CT molecular complexity index is 1500. The van der Waals surface area contributed by atoms with Crippen molar-refractivity contribution in [1.82, 2.24) is 0 Å². The van der Waals surface area contributed by atoms with Crippen molar-refractivity contribution in [1.29, 1.82) is 0 Å². The summed E-state index contributed by atoms with van der Waals surface area (Å²) in [5.74, 6) is -0.865. The van der Waals surface area contributed by atoms with Gasteiger partial charge in [0.15, 0.2) is 8.32 Å². The van der Waals surface area contributed by atoms with Crippen LogP contribution in [-0.2, 0) is 27.3 Å². The van der Waals surface area contributed by atoms with Crippen LogP contribution in [0.1, 0.15) is 12.8 Å². The van der Waals surface area contributed by atoms with E-state index in [4.69, 9.17) is 17.7 Å². The molecule has 0 aliphatic heterocycles. The average Bonchev–Trinajstić information content (AvgIpc) is 3.12. The van der Waals surface area contributed by atoms with Gasteiger partial charge < -0.3 is 17.7 Å². The maximum absolute atomic E-state index is 12.0. The number of carbonyl (C=O) groups excluding carboxylic acids is 2. The molecule has 0 aromatic heterocycles. The Kier molecular flexibility index (Phi) is 13.0. The van der Waals surface area contributed by atoms with E-state index in [0.717, 1.165) is 26.8 Å². The van der Waals surface area contributed by atoms with Crippen LogP contribution in [0.15, 0.2) is 147 Å². The Morgan fingerprint density at radius 3 is 1.30 bits per heavy atom. The summed E-state index contributed by atoms with van der Waals surface area (Å²) in [5, 5.41) is 4.27. The molecule has 0 saturated heterocycles. The lowest BCUT2D eigenvalue weighted by Gasteiger charge is -2.45. The Hall–Kier alpha value is -4.13. The lowest BCUT2D eigenvalue weighted by atomic mass is 10.4. The van der Waals surface area contributed by atoms with Gasteiger partial charge in [-0.25, -0.2) is 9.59 Å². The first-order valence-corrected chi connectivity index (χ1v) is 23.0. The Morgan fingerprint density at radius 1 is 0.553 bits per heavy atom. The molecule has 4 aromatic rings. The van der Waals surface area contributed by atoms with Gasteiger partial charge in [-0.2, -0.15) is 0 Å². The molecule has 6 nitrogen and oxygen atoms in total. The van der Waals surface area contributed by atoms with Gasteiger partial charge >= 0.3 is 20.5 Å². The van der Waals surface area contributed by atoms with Crippen molar-refractivity contribution in [2.75, 3.05) is 13.2 Å². The summed E-state index contributed by atoms with van der Waals surface area (Å²) in [6, 6.07) is 43.0. The van der Waals surface area contributed by atoms with E-state index >= 15 is 0 Å². The third-order valence-electron chi connectivity index (χ3n) is 7.94. The summed E-state index contributed by atoms with van der Waals surface area (Å²) in [7, 11) is -9.10. The fraction of sp³-hybridized carbons (Fsp3) is 0.211. The summed E-state index contributed by atoms with van der Waals surface area (Å²) in [5.41, 5.74) is 0. The van der Waals surface area contributed by atoms with Gasteiger partial charge in [0.1, 0.15) is 0 Å². The molecule has 0 atom stereocenters. The van der Waals surface area contributed by atoms with Crippen LogP contribution in [0.4, 0.5) is 0 Å². The number of carbonyl (C=O) groups is 2. The van der Waals surface area contributed by atoms with Crippen molar-refractivity contribution in [2.24, 2.45) is 0 Å². The van der Waals surface area contributed by atoms with Crippen LogP contribution in [0.3, 0.4) is 0 Å². The van der Waals surface area contributed by atoms with Crippen LogP contribution in [0.2, 0.25) is 25.2 Å². The first kappa shape index (κ1) is 35.7. The fourth-order valence-corrected chi connectivity index (χ4v) is 20.6. The van der Waals surface area contributed by atoms with Crippen LogP contribution >= 0.6 is 0 Å². The quantitative estimate of drug-likeness (QED) is 0.0601. The van der Waals surface area contributed by atoms with Gasteiger partial charge in [-0.1, -0.05) is 134 Å². The Balaban J connectivity index is 1.91. The Morgan fingerprint density at radius 2 is 0.915 bits per heavy atom. The minimum atomic E-state index is -3.49. The van der Waals surface area contributed by atoms with Gasteiger partial charge in [0.25, 0.3) is 0 Å². The van der Waals surface area contributed by atoms with Gasteiger partial charge in [0.05, 0.1) is 13.2 Å². The molecule has 0 bridgehead atoms. The van der Waals surface area contributed by atoms with Gasteiger partial charge in [-0.15, -0.1) is 0 Å². The molecule has 0 saturated carbocycles. The zero-order chi connectivity index (χ0) is 33.6. The van der Waals surface area contributed by atoms with Crippen LogP contribution in [-0.4, -0.2) is 50.3 Å². The number of benzene rings is 4. The minimum absolute atomic E-state index is 0.248. The normalized spacial score (nSPS) is 11.8. The highest BCUT2D eigenvalue weighted by molar-refractivity contribution is 7.08. The highest BCUT2D eigenvalue weighted by atomic mass is 28.5. The summed E-state index contributed by atoms with van der Waals surface area (Å²) in [4.78, 5) is 23.7. The molecule has 9 heteroatoms. The molecule has 0 spiro atoms. The van der Waals surface area contributed by atoms with E-state index in [1.165, 1.54) is 12.2 Å². The highest BCUT2D eigenvalue weighted by Gasteiger charge is 2.54. The van der Waals surface area contributed by atoms with Crippen molar-refractivity contribution in [3.63, 3.8) is 0 Å². The smallest absolute Gasteiger partial charge is 0.386 e. The predicted octanol–water partition coefficient (Wildman–Crippen LogP) is 5.48. The molecule has 0 fully saturated rings. The van der Waals surface area contributed by atoms with Crippen molar-refractivity contribution in [2.45, 2.75) is 38.0 Å². The van der Waals surface area contributed by atoms with E-state index in [1.807, 2.05) is 48.5 Å². The SMILES string of the molecule is C=CC(=O)OCCC[Si](C)(C)O[Si](O[Si](CCCOC(=O)C=C)(c1ccccc1)c1ccccc1)(c1ccccc1)c1ccccc1. The second-order valence-electron chi connectivity index (χ2n) is 11.8. The third kappa shape index (κ3) is 9.46. The number of hydrogen-bond donors (Lipinski definition) is 0. The van der Waals surface area contributed by atoms with E-state index < -0.39 is 37.1 Å². The monoisotopic (exact) mass is 680 g/mol. The number of esters is 2. The first-order chi connectivity index (χ1) is 22.7. The van der Waals surface area contributed by atoms with Crippen molar-refractivity contribution in [3.8, 4) is 0 Å². The third-order valence-corrected chi connectivity index (χ3v) is 21.2. The van der Waals surface area contributed by atoms with E-state index in [2.05, 4.69) is 99.0 Å². The summed E-state index contributed by atoms with van der Waals surface area (Å²) in [6.07, 6.45) is 3.64. The zero-order valence-electron chi connectivity index (χ0n) is 27.3. The standard InChI is InChI=1S/C38H44O6Si3/c1-5-37(39)41-29-19-31-45(3,4)43-47(35-25-15-9-16-26-35,36-27-17-10-18-28-36)44-46(33-21-11-7-12-22-33,34-23-13-8-14-24-34)32-20-30-42-38(40)6-2/h5-18,21-28H,1-2,19-20,29-32H2,3-4H3. The molecule has 0 aliphatic rings. The lowest BCUT2D eigenvalue weighted by Crippen LogP contribution is -2.75. The van der Waals surface area contributed by atoms with Gasteiger partial charge in [0.2, 0.25) is 8.32 Å². The Labute approximate surface area is 282 Å². The largest absolute Gasteiger partial charge is 0.463 e. The summed E-state index contributed by atoms with van der Waals surface area (Å²) >= 11 is 0. The highest BCUT2D eigenvalue weighted by Crippen LogP contribution is 2.27. The average molecular weight is 681 g/mol. The topological polar surface area (TPSA) is 71.1 Å². The molecule has 4 aromatic carbocycles. The number of hydrogen-bond acceptors (Lipinski definition) is 6. The maximum Gasteiger partial charge on any atom is 0.386 e.